The number of aliphatic hydroxyl groups is 1. The first-order valence-electron chi connectivity index (χ1n) is 19.1. The zero-order chi connectivity index (χ0) is 41.6. The molecular formula is C39H44FN7O11. The van der Waals surface area contributed by atoms with Crippen LogP contribution in [0.25, 0.3) is 22.3 Å². The average Bonchev–Trinajstić information content (AvgIpc) is 3.55. The monoisotopic (exact) mass is 805 g/mol. The van der Waals surface area contributed by atoms with Crippen molar-refractivity contribution in [1.82, 2.24) is 30.8 Å². The molecule has 18 nitrogen and oxygen atoms in total. The van der Waals surface area contributed by atoms with E-state index in [1.165, 1.54) is 10.6 Å². The number of carbonyl (C=O) groups is 6. The maximum Gasteiger partial charge on any atom is 0.343 e. The molecule has 3 atom stereocenters. The Kier molecular flexibility index (Phi) is 11.1. The second kappa shape index (κ2) is 15.9. The second-order valence-electron chi connectivity index (χ2n) is 15.1. The summed E-state index contributed by atoms with van der Waals surface area (Å²) < 4.78 is 27.7. The number of rotatable bonds is 14. The molecule has 308 valence electrons. The van der Waals surface area contributed by atoms with E-state index in [1.54, 1.807) is 19.9 Å². The first-order chi connectivity index (χ1) is 27.6. The van der Waals surface area contributed by atoms with Crippen molar-refractivity contribution in [2.45, 2.75) is 95.7 Å². The third kappa shape index (κ3) is 7.28. The third-order valence-corrected chi connectivity index (χ3v) is 11.7. The molecule has 1 aromatic carbocycles. The van der Waals surface area contributed by atoms with Gasteiger partial charge >= 0.3 is 11.9 Å². The predicted octanol–water partition coefficient (Wildman–Crippen LogP) is -0.0760. The van der Waals surface area contributed by atoms with Gasteiger partial charge in [-0.3, -0.25) is 28.8 Å². The molecule has 3 aromatic rings. The Morgan fingerprint density at radius 2 is 1.88 bits per heavy atom. The van der Waals surface area contributed by atoms with Gasteiger partial charge in [0.05, 0.1) is 54.2 Å². The van der Waals surface area contributed by atoms with Crippen LogP contribution in [0.2, 0.25) is 0 Å². The van der Waals surface area contributed by atoms with Crippen LogP contribution < -0.4 is 32.6 Å². The van der Waals surface area contributed by atoms with Crippen LogP contribution in [0, 0.1) is 18.7 Å². The SMILES string of the molecule is CC[C@@]1(O)C(=O)OCc2c1cc1n(c2=O)Cc2c-1nc1cc(F)c(C)c3c1c2[C@@H](NC(=O)C1CC(OCNC(=O)CNC(=O)[C@H](CCC(=O)O)NC(=O)CN)C1)CC3. The predicted molar refractivity (Wildman–Crippen MR) is 200 cm³/mol. The lowest BCUT2D eigenvalue weighted by Gasteiger charge is -2.36. The van der Waals surface area contributed by atoms with Gasteiger partial charge in [-0.05, 0) is 68.2 Å². The Bertz CT molecular complexity index is 2320. The van der Waals surface area contributed by atoms with Crippen LogP contribution >= 0.6 is 0 Å². The molecule has 19 heteroatoms. The topological polar surface area (TPSA) is 270 Å². The summed E-state index contributed by atoms with van der Waals surface area (Å²) in [6, 6.07) is 1.26. The molecule has 2 aliphatic carbocycles. The highest BCUT2D eigenvalue weighted by Gasteiger charge is 2.46. The van der Waals surface area contributed by atoms with E-state index < -0.39 is 77.7 Å². The highest BCUT2D eigenvalue weighted by Crippen LogP contribution is 2.46. The van der Waals surface area contributed by atoms with Gasteiger partial charge in [0.15, 0.2) is 5.60 Å². The number of esters is 1. The summed E-state index contributed by atoms with van der Waals surface area (Å²) in [6.07, 6.45) is 0.738. The first-order valence-corrected chi connectivity index (χ1v) is 19.1. The van der Waals surface area contributed by atoms with E-state index in [-0.39, 0.29) is 62.3 Å². The molecular weight excluding hydrogens is 761 g/mol. The number of carbonyl (C=O) groups excluding carboxylic acids is 5. The molecule has 0 saturated heterocycles. The van der Waals surface area contributed by atoms with Crippen molar-refractivity contribution in [3.63, 3.8) is 0 Å². The standard InChI is InChI=1S/C39H44FN7O11/c1-3-39(56)23-10-28-34-21(14-47(28)37(54)22(23)15-57-38(39)55)33-25(5-4-20-17(2)24(40)11-27(45-34)32(20)33)46-35(52)18-8-19(9-18)58-16-43-30(49)13-42-36(53)26(6-7-31(50)51)44-29(48)12-41/h10-11,18-19,25-26,56H,3-9,12-16,41H2,1-2H3,(H,42,53)(H,43,49)(H,44,48)(H,46,52)(H,50,51)/t18?,19?,25-,26-,39-/m0/s1. The van der Waals surface area contributed by atoms with E-state index in [4.69, 9.17) is 25.3 Å². The lowest BCUT2D eigenvalue weighted by Crippen LogP contribution is -2.50. The smallest absolute Gasteiger partial charge is 0.343 e. The number of fused-ring (bicyclic) bond motifs is 5. The Morgan fingerprint density at radius 1 is 1.12 bits per heavy atom. The molecule has 4 amide bonds. The maximum atomic E-state index is 15.3. The van der Waals surface area contributed by atoms with Crippen LogP contribution in [0.3, 0.4) is 0 Å². The minimum absolute atomic E-state index is 0.0212. The molecule has 2 aromatic heterocycles. The van der Waals surface area contributed by atoms with E-state index >= 15 is 4.39 Å². The minimum atomic E-state index is -2.02. The Hall–Kier alpha value is -5.79. The fraction of sp³-hybridized carbons (Fsp3) is 0.487. The van der Waals surface area contributed by atoms with Crippen molar-refractivity contribution in [3.05, 3.63) is 61.7 Å². The van der Waals surface area contributed by atoms with Gasteiger partial charge in [0.2, 0.25) is 23.6 Å². The minimum Gasteiger partial charge on any atom is -0.481 e. The normalized spacial score (nSPS) is 21.7. The number of cyclic esters (lactones) is 1. The van der Waals surface area contributed by atoms with Crippen LogP contribution in [0.15, 0.2) is 16.9 Å². The van der Waals surface area contributed by atoms with Crippen molar-refractivity contribution in [2.75, 3.05) is 19.8 Å². The lowest BCUT2D eigenvalue weighted by atomic mass is 9.79. The van der Waals surface area contributed by atoms with E-state index in [0.717, 1.165) is 16.5 Å². The number of halogens is 1. The molecule has 0 bridgehead atoms. The molecule has 1 fully saturated rings. The molecule has 0 spiro atoms. The van der Waals surface area contributed by atoms with Gasteiger partial charge < -0.3 is 51.3 Å². The quantitative estimate of drug-likeness (QED) is 0.0651. The van der Waals surface area contributed by atoms with E-state index in [1.807, 2.05) is 0 Å². The average molecular weight is 806 g/mol. The number of nitrogens with zero attached hydrogens (tertiary/aromatic N) is 2. The Balaban J connectivity index is 1.01. The van der Waals surface area contributed by atoms with Gasteiger partial charge in [0.25, 0.3) is 5.56 Å². The molecule has 4 aliphatic rings. The third-order valence-electron chi connectivity index (χ3n) is 11.7. The van der Waals surface area contributed by atoms with Gasteiger partial charge in [0, 0.05) is 34.9 Å². The summed E-state index contributed by atoms with van der Waals surface area (Å²) in [5, 5.41) is 31.3. The van der Waals surface area contributed by atoms with Crippen LogP contribution in [0.1, 0.15) is 84.9 Å². The molecule has 1 saturated carbocycles. The van der Waals surface area contributed by atoms with Crippen LogP contribution in [0.4, 0.5) is 4.39 Å². The molecule has 4 heterocycles. The van der Waals surface area contributed by atoms with Gasteiger partial charge in [-0.25, -0.2) is 14.2 Å². The molecule has 0 unspecified atom stereocenters. The summed E-state index contributed by atoms with van der Waals surface area (Å²) in [5.74, 6) is -5.05. The summed E-state index contributed by atoms with van der Waals surface area (Å²) >= 11 is 0. The van der Waals surface area contributed by atoms with Crippen molar-refractivity contribution in [3.8, 4) is 11.4 Å². The van der Waals surface area contributed by atoms with Gasteiger partial charge in [0.1, 0.15) is 25.2 Å². The molecule has 2 aliphatic heterocycles. The van der Waals surface area contributed by atoms with Gasteiger partial charge in [-0.15, -0.1) is 0 Å². The van der Waals surface area contributed by atoms with E-state index in [9.17, 15) is 38.7 Å². The number of aryl methyl sites for hydroxylation is 1. The number of aromatic nitrogens is 2. The second-order valence-corrected chi connectivity index (χ2v) is 15.1. The molecule has 58 heavy (non-hydrogen) atoms. The van der Waals surface area contributed by atoms with Crippen LogP contribution in [0.5, 0.6) is 0 Å². The summed E-state index contributed by atoms with van der Waals surface area (Å²) in [6.45, 7) is 2.09. The maximum absolute atomic E-state index is 15.3. The van der Waals surface area contributed by atoms with Crippen molar-refractivity contribution in [1.29, 1.82) is 0 Å². The number of carboxylic acids is 1. The highest BCUT2D eigenvalue weighted by atomic mass is 19.1. The zero-order valence-electron chi connectivity index (χ0n) is 31.9. The van der Waals surface area contributed by atoms with Gasteiger partial charge in [-0.1, -0.05) is 6.92 Å². The fourth-order valence-electron chi connectivity index (χ4n) is 8.29. The molecule has 8 N–H and O–H groups in total. The number of amides is 4. The number of hydrogen-bond acceptors (Lipinski definition) is 12. The number of benzene rings is 1. The fourth-order valence-corrected chi connectivity index (χ4v) is 8.29. The van der Waals surface area contributed by atoms with Crippen LogP contribution in [-0.2, 0) is 63.4 Å². The number of carboxylic acid groups (broad SMARTS) is 1. The highest BCUT2D eigenvalue weighted by molar-refractivity contribution is 5.94. The number of pyridine rings is 2. The Labute approximate surface area is 330 Å². The van der Waals surface area contributed by atoms with E-state index in [0.29, 0.717) is 53.7 Å². The lowest BCUT2D eigenvalue weighted by molar-refractivity contribution is -0.172. The number of aliphatic carboxylic acids is 1. The number of hydrogen-bond donors (Lipinski definition) is 7. The van der Waals surface area contributed by atoms with E-state index in [2.05, 4.69) is 21.3 Å². The van der Waals surface area contributed by atoms with Gasteiger partial charge in [-0.2, -0.15) is 0 Å². The Morgan fingerprint density at radius 3 is 2.59 bits per heavy atom. The largest absolute Gasteiger partial charge is 0.481 e. The molecule has 0 radical (unpaired) electrons. The summed E-state index contributed by atoms with van der Waals surface area (Å²) in [4.78, 5) is 92.5. The van der Waals surface area contributed by atoms with Crippen molar-refractivity contribution < 1.29 is 52.8 Å². The first kappa shape index (κ1) is 40.4. The summed E-state index contributed by atoms with van der Waals surface area (Å²) in [7, 11) is 0. The number of nitrogens with two attached hydrogens (primary N) is 1. The van der Waals surface area contributed by atoms with Crippen molar-refractivity contribution >= 4 is 46.5 Å². The summed E-state index contributed by atoms with van der Waals surface area (Å²) in [5.41, 5.74) is 7.00. The van der Waals surface area contributed by atoms with Crippen molar-refractivity contribution in [2.24, 2.45) is 11.7 Å². The van der Waals surface area contributed by atoms with Crippen LogP contribution in [-0.4, -0.2) is 87.3 Å². The number of nitrogens with one attached hydrogen (secondary N) is 4. The molecule has 7 rings (SSSR count). The number of ether oxygens (including phenoxy) is 2. The zero-order valence-corrected chi connectivity index (χ0v) is 31.9.